The Labute approximate surface area is 170 Å². The van der Waals surface area contributed by atoms with Crippen LogP contribution in [0.2, 0.25) is 0 Å². The van der Waals surface area contributed by atoms with E-state index in [1.807, 2.05) is 44.3 Å². The molecule has 0 bridgehead atoms. The summed E-state index contributed by atoms with van der Waals surface area (Å²) < 4.78 is 0. The quantitative estimate of drug-likeness (QED) is 0.709. The SMILES string of the molecule is CC(C)c1ccc(C(=O)N2CCC(c3[nH]ncc3-c3ccccc3)CC2)c(=O)[nH]1. The molecule has 0 spiro atoms. The Morgan fingerprint density at radius 3 is 2.48 bits per heavy atom. The van der Waals surface area contributed by atoms with Crippen LogP contribution in [-0.4, -0.2) is 39.1 Å². The average molecular weight is 390 g/mol. The summed E-state index contributed by atoms with van der Waals surface area (Å²) in [6, 6.07) is 13.7. The second kappa shape index (κ2) is 8.07. The van der Waals surface area contributed by atoms with Gasteiger partial charge in [-0.05, 0) is 36.5 Å². The van der Waals surface area contributed by atoms with E-state index in [-0.39, 0.29) is 22.9 Å². The number of hydrogen-bond donors (Lipinski definition) is 2. The highest BCUT2D eigenvalue weighted by Crippen LogP contribution is 2.34. The molecule has 2 aromatic heterocycles. The molecule has 2 N–H and O–H groups in total. The summed E-state index contributed by atoms with van der Waals surface area (Å²) in [6.07, 6.45) is 3.56. The van der Waals surface area contributed by atoms with Crippen molar-refractivity contribution in [3.05, 3.63) is 76.0 Å². The number of H-pyrrole nitrogens is 2. The number of aromatic nitrogens is 3. The molecule has 0 atom stereocenters. The van der Waals surface area contributed by atoms with Crippen molar-refractivity contribution < 1.29 is 4.79 Å². The number of amides is 1. The van der Waals surface area contributed by atoms with E-state index >= 15 is 0 Å². The molecule has 29 heavy (non-hydrogen) atoms. The minimum absolute atomic E-state index is 0.187. The number of carbonyl (C=O) groups excluding carboxylic acids is 1. The Hall–Kier alpha value is -3.15. The molecule has 1 fully saturated rings. The zero-order valence-corrected chi connectivity index (χ0v) is 16.8. The first kappa shape index (κ1) is 19.2. The third-order valence-corrected chi connectivity index (χ3v) is 5.73. The van der Waals surface area contributed by atoms with Gasteiger partial charge in [0.15, 0.2) is 0 Å². The molecule has 150 valence electrons. The van der Waals surface area contributed by atoms with Crippen LogP contribution in [0.1, 0.15) is 60.3 Å². The maximum Gasteiger partial charge on any atom is 0.261 e. The molecule has 6 nitrogen and oxygen atoms in total. The van der Waals surface area contributed by atoms with Gasteiger partial charge in [0.25, 0.3) is 11.5 Å². The van der Waals surface area contributed by atoms with Crippen LogP contribution in [0.25, 0.3) is 11.1 Å². The molecule has 0 saturated carbocycles. The highest BCUT2D eigenvalue weighted by Gasteiger charge is 2.28. The lowest BCUT2D eigenvalue weighted by Gasteiger charge is -2.32. The predicted molar refractivity (Wildman–Crippen MR) is 113 cm³/mol. The Kier molecular flexibility index (Phi) is 5.34. The molecule has 4 rings (SSSR count). The van der Waals surface area contributed by atoms with Gasteiger partial charge in [-0.2, -0.15) is 5.10 Å². The number of benzene rings is 1. The van der Waals surface area contributed by atoms with Gasteiger partial charge in [0.05, 0.1) is 6.20 Å². The minimum Gasteiger partial charge on any atom is -0.338 e. The van der Waals surface area contributed by atoms with Crippen molar-refractivity contribution in [3.63, 3.8) is 0 Å². The molecule has 0 aliphatic carbocycles. The van der Waals surface area contributed by atoms with Crippen LogP contribution >= 0.6 is 0 Å². The van der Waals surface area contributed by atoms with Crippen LogP contribution in [-0.2, 0) is 0 Å². The number of aromatic amines is 2. The third kappa shape index (κ3) is 3.88. The van der Waals surface area contributed by atoms with Crippen LogP contribution in [0, 0.1) is 0 Å². The lowest BCUT2D eigenvalue weighted by atomic mass is 9.89. The van der Waals surface area contributed by atoms with Crippen LogP contribution < -0.4 is 5.56 Å². The van der Waals surface area contributed by atoms with Gasteiger partial charge in [-0.1, -0.05) is 44.2 Å². The minimum atomic E-state index is -0.303. The van der Waals surface area contributed by atoms with Gasteiger partial charge in [0, 0.05) is 36.0 Å². The van der Waals surface area contributed by atoms with E-state index in [2.05, 4.69) is 27.3 Å². The number of piperidine rings is 1. The van der Waals surface area contributed by atoms with E-state index in [0.29, 0.717) is 19.0 Å². The van der Waals surface area contributed by atoms with Gasteiger partial charge in [-0.25, -0.2) is 0 Å². The first-order chi connectivity index (χ1) is 14.0. The molecule has 3 heterocycles. The van der Waals surface area contributed by atoms with E-state index in [1.54, 1.807) is 11.0 Å². The van der Waals surface area contributed by atoms with Crippen molar-refractivity contribution in [2.75, 3.05) is 13.1 Å². The number of nitrogens with zero attached hydrogens (tertiary/aromatic N) is 2. The number of hydrogen-bond acceptors (Lipinski definition) is 3. The highest BCUT2D eigenvalue weighted by atomic mass is 16.2. The molecule has 1 aromatic carbocycles. The Morgan fingerprint density at radius 2 is 1.83 bits per heavy atom. The highest BCUT2D eigenvalue weighted by molar-refractivity contribution is 5.93. The molecule has 1 aliphatic rings. The number of nitrogens with one attached hydrogen (secondary N) is 2. The Balaban J connectivity index is 1.46. The van der Waals surface area contributed by atoms with Crippen molar-refractivity contribution in [1.82, 2.24) is 20.1 Å². The fraction of sp³-hybridized carbons (Fsp3) is 0.348. The standard InChI is InChI=1S/C23H26N4O2/c1-15(2)20-9-8-18(22(28)25-20)23(29)27-12-10-17(11-13-27)21-19(14-24-26-21)16-6-4-3-5-7-16/h3-9,14-15,17H,10-13H2,1-2H3,(H,24,26)(H,25,28). The molecule has 0 unspecified atom stereocenters. The van der Waals surface area contributed by atoms with Crippen LogP contribution in [0.4, 0.5) is 0 Å². The summed E-state index contributed by atoms with van der Waals surface area (Å²) >= 11 is 0. The van der Waals surface area contributed by atoms with Gasteiger partial charge in [-0.15, -0.1) is 0 Å². The first-order valence-corrected chi connectivity index (χ1v) is 10.2. The van der Waals surface area contributed by atoms with Crippen LogP contribution in [0.3, 0.4) is 0 Å². The summed E-state index contributed by atoms with van der Waals surface area (Å²) in [5.41, 5.74) is 4.16. The summed E-state index contributed by atoms with van der Waals surface area (Å²) in [6.45, 7) is 5.28. The van der Waals surface area contributed by atoms with E-state index in [9.17, 15) is 9.59 Å². The number of pyridine rings is 1. The average Bonchev–Trinajstić information content (AvgIpc) is 3.24. The zero-order valence-electron chi connectivity index (χ0n) is 16.8. The van der Waals surface area contributed by atoms with E-state index in [4.69, 9.17) is 0 Å². The lowest BCUT2D eigenvalue weighted by molar-refractivity contribution is 0.0710. The van der Waals surface area contributed by atoms with Crippen molar-refractivity contribution >= 4 is 5.91 Å². The molecule has 0 radical (unpaired) electrons. The van der Waals surface area contributed by atoms with E-state index < -0.39 is 0 Å². The molecule has 1 aliphatic heterocycles. The topological polar surface area (TPSA) is 81.8 Å². The van der Waals surface area contributed by atoms with Crippen molar-refractivity contribution in [3.8, 4) is 11.1 Å². The lowest BCUT2D eigenvalue weighted by Crippen LogP contribution is -2.40. The fourth-order valence-electron chi connectivity index (χ4n) is 3.99. The van der Waals surface area contributed by atoms with Crippen molar-refractivity contribution in [2.24, 2.45) is 0 Å². The number of rotatable bonds is 4. The van der Waals surface area contributed by atoms with Gasteiger partial charge >= 0.3 is 0 Å². The van der Waals surface area contributed by atoms with Crippen molar-refractivity contribution in [1.29, 1.82) is 0 Å². The first-order valence-electron chi connectivity index (χ1n) is 10.2. The molecular formula is C23H26N4O2. The predicted octanol–water partition coefficient (Wildman–Crippen LogP) is 3.91. The third-order valence-electron chi connectivity index (χ3n) is 5.73. The normalized spacial score (nSPS) is 15.1. The molecule has 1 saturated heterocycles. The van der Waals surface area contributed by atoms with Crippen LogP contribution in [0.15, 0.2) is 53.5 Å². The van der Waals surface area contributed by atoms with Gasteiger partial charge < -0.3 is 9.88 Å². The van der Waals surface area contributed by atoms with Gasteiger partial charge in [0.1, 0.15) is 5.56 Å². The van der Waals surface area contributed by atoms with Crippen LogP contribution in [0.5, 0.6) is 0 Å². The van der Waals surface area contributed by atoms with Crippen molar-refractivity contribution in [2.45, 2.75) is 38.5 Å². The second-order valence-electron chi connectivity index (χ2n) is 7.94. The molecule has 6 heteroatoms. The van der Waals surface area contributed by atoms with Gasteiger partial charge in [-0.3, -0.25) is 14.7 Å². The summed E-state index contributed by atoms with van der Waals surface area (Å²) in [4.78, 5) is 29.9. The second-order valence-corrected chi connectivity index (χ2v) is 7.94. The molecule has 3 aromatic rings. The summed E-state index contributed by atoms with van der Waals surface area (Å²) in [5, 5.41) is 7.43. The summed E-state index contributed by atoms with van der Waals surface area (Å²) in [5.74, 6) is 0.349. The zero-order chi connectivity index (χ0) is 20.4. The smallest absolute Gasteiger partial charge is 0.261 e. The fourth-order valence-corrected chi connectivity index (χ4v) is 3.99. The maximum atomic E-state index is 12.9. The largest absolute Gasteiger partial charge is 0.338 e. The number of likely N-dealkylation sites (tertiary alicyclic amines) is 1. The summed E-state index contributed by atoms with van der Waals surface area (Å²) in [7, 11) is 0. The Bertz CT molecular complexity index is 1040. The molecular weight excluding hydrogens is 364 g/mol. The monoisotopic (exact) mass is 390 g/mol. The molecule has 1 amide bonds. The maximum absolute atomic E-state index is 12.9. The Morgan fingerprint density at radius 1 is 1.10 bits per heavy atom. The van der Waals surface area contributed by atoms with E-state index in [1.165, 1.54) is 0 Å². The van der Waals surface area contributed by atoms with Gasteiger partial charge in [0.2, 0.25) is 0 Å². The van der Waals surface area contributed by atoms with E-state index in [0.717, 1.165) is 35.4 Å². The number of carbonyl (C=O) groups is 1.